The lowest BCUT2D eigenvalue weighted by Gasteiger charge is -2.23. The van der Waals surface area contributed by atoms with Crippen molar-refractivity contribution < 1.29 is 4.79 Å². The Morgan fingerprint density at radius 3 is 2.64 bits per heavy atom. The molecule has 0 radical (unpaired) electrons. The summed E-state index contributed by atoms with van der Waals surface area (Å²) in [6.45, 7) is 6.63. The number of anilines is 1. The molecule has 0 saturated heterocycles. The van der Waals surface area contributed by atoms with Gasteiger partial charge in [-0.05, 0) is 56.9 Å². The highest BCUT2D eigenvalue weighted by atomic mass is 16.2. The van der Waals surface area contributed by atoms with Crippen molar-refractivity contribution in [3.05, 3.63) is 76.2 Å². The van der Waals surface area contributed by atoms with Gasteiger partial charge in [0.05, 0.1) is 5.56 Å². The van der Waals surface area contributed by atoms with Gasteiger partial charge in [0.2, 0.25) is 0 Å². The molecule has 1 N–H and O–H groups in total. The van der Waals surface area contributed by atoms with Crippen LogP contribution in [0.15, 0.2) is 59.5 Å². The van der Waals surface area contributed by atoms with Gasteiger partial charge in [0.15, 0.2) is 0 Å². The number of benzene rings is 2. The van der Waals surface area contributed by atoms with Gasteiger partial charge in [0.25, 0.3) is 11.5 Å². The number of para-hydroxylation sites is 1. The van der Waals surface area contributed by atoms with E-state index in [1.807, 2.05) is 46.6 Å². The Morgan fingerprint density at radius 1 is 1.11 bits per heavy atom. The Kier molecular flexibility index (Phi) is 6.86. The number of aryl methyl sites for hydroxylation is 2. The monoisotopic (exact) mass is 484 g/mol. The highest BCUT2D eigenvalue weighted by Gasteiger charge is 2.25. The molecule has 1 saturated carbocycles. The van der Waals surface area contributed by atoms with Crippen LogP contribution in [0.1, 0.15) is 61.0 Å². The van der Waals surface area contributed by atoms with Crippen LogP contribution >= 0.6 is 0 Å². The summed E-state index contributed by atoms with van der Waals surface area (Å²) in [5.41, 5.74) is 4.65. The van der Waals surface area contributed by atoms with Crippen LogP contribution in [0.3, 0.4) is 0 Å². The van der Waals surface area contributed by atoms with Crippen molar-refractivity contribution in [2.24, 2.45) is 7.05 Å². The predicted molar refractivity (Wildman–Crippen MR) is 148 cm³/mol. The van der Waals surface area contributed by atoms with E-state index in [2.05, 4.69) is 48.3 Å². The van der Waals surface area contributed by atoms with E-state index >= 15 is 0 Å². The summed E-state index contributed by atoms with van der Waals surface area (Å²) in [5.74, 6) is -0.110. The van der Waals surface area contributed by atoms with Crippen LogP contribution < -0.4 is 15.8 Å². The van der Waals surface area contributed by atoms with Gasteiger partial charge in [-0.3, -0.25) is 9.59 Å². The smallest absolute Gasteiger partial charge is 0.275 e. The Labute approximate surface area is 212 Å². The molecule has 5 rings (SSSR count). The third kappa shape index (κ3) is 4.41. The minimum atomic E-state index is -0.110. The number of hydrogen-bond acceptors (Lipinski definition) is 3. The van der Waals surface area contributed by atoms with Crippen LogP contribution in [0.5, 0.6) is 0 Å². The standard InChI is InChI=1S/C30H36N4O2/c1-4-33(23-14-9-11-21(2)19-23)18-10-17-31-29(35)25-20-34(22-12-5-6-13-22)30(36)28-27(25)24-15-7-8-16-26(24)32(28)3/h7-9,11,14-16,19-20,22H,4-6,10,12-13,17-18H2,1-3H3,(H,31,35). The number of pyridine rings is 1. The topological polar surface area (TPSA) is 59.3 Å². The maximum atomic E-state index is 13.6. The number of carbonyl (C=O) groups excluding carboxylic acids is 1. The molecule has 1 aliphatic rings. The van der Waals surface area contributed by atoms with Gasteiger partial charge in [0.1, 0.15) is 5.52 Å². The zero-order chi connectivity index (χ0) is 25.2. The largest absolute Gasteiger partial charge is 0.372 e. The van der Waals surface area contributed by atoms with Crippen LogP contribution in [0, 0.1) is 6.92 Å². The van der Waals surface area contributed by atoms with Gasteiger partial charge >= 0.3 is 0 Å². The number of hydrogen-bond donors (Lipinski definition) is 1. The van der Waals surface area contributed by atoms with Gasteiger partial charge in [-0.25, -0.2) is 0 Å². The first kappa shape index (κ1) is 24.2. The van der Waals surface area contributed by atoms with E-state index in [1.165, 1.54) is 11.3 Å². The fourth-order valence-corrected chi connectivity index (χ4v) is 5.79. The van der Waals surface area contributed by atoms with Crippen molar-refractivity contribution in [3.63, 3.8) is 0 Å². The molecule has 0 bridgehead atoms. The average molecular weight is 485 g/mol. The Balaban J connectivity index is 1.42. The van der Waals surface area contributed by atoms with Crippen molar-refractivity contribution >= 4 is 33.4 Å². The molecular formula is C30H36N4O2. The molecule has 6 heteroatoms. The maximum absolute atomic E-state index is 13.6. The SMILES string of the molecule is CCN(CCCNC(=O)c1cn(C2CCCC2)c(=O)c2c1c1ccccc1n2C)c1cccc(C)c1. The molecule has 2 aromatic carbocycles. The lowest BCUT2D eigenvalue weighted by Crippen LogP contribution is -2.32. The Hall–Kier alpha value is -3.54. The Bertz CT molecular complexity index is 1460. The van der Waals surface area contributed by atoms with Crippen molar-refractivity contribution in [1.82, 2.24) is 14.5 Å². The summed E-state index contributed by atoms with van der Waals surface area (Å²) in [6.07, 6.45) is 6.90. The molecule has 6 nitrogen and oxygen atoms in total. The van der Waals surface area contributed by atoms with Gasteiger partial charge in [-0.15, -0.1) is 0 Å². The second-order valence-electron chi connectivity index (χ2n) is 10.0. The predicted octanol–water partition coefficient (Wildman–Crippen LogP) is 5.56. The number of nitrogens with zero attached hydrogens (tertiary/aromatic N) is 3. The first-order valence-corrected chi connectivity index (χ1v) is 13.2. The summed E-state index contributed by atoms with van der Waals surface area (Å²) in [5, 5.41) is 4.87. The van der Waals surface area contributed by atoms with E-state index in [0.29, 0.717) is 17.6 Å². The van der Waals surface area contributed by atoms with E-state index in [-0.39, 0.29) is 17.5 Å². The first-order chi connectivity index (χ1) is 17.5. The minimum Gasteiger partial charge on any atom is -0.372 e. The van der Waals surface area contributed by atoms with Crippen LogP contribution in [0.4, 0.5) is 5.69 Å². The van der Waals surface area contributed by atoms with Gasteiger partial charge in [0, 0.05) is 60.9 Å². The molecule has 188 valence electrons. The van der Waals surface area contributed by atoms with Crippen LogP contribution in [0.2, 0.25) is 0 Å². The van der Waals surface area contributed by atoms with Crippen molar-refractivity contribution in [3.8, 4) is 0 Å². The molecule has 2 heterocycles. The molecule has 0 aliphatic heterocycles. The van der Waals surface area contributed by atoms with Crippen molar-refractivity contribution in [2.75, 3.05) is 24.5 Å². The summed E-state index contributed by atoms with van der Waals surface area (Å²) < 4.78 is 3.79. The maximum Gasteiger partial charge on any atom is 0.275 e. The number of aromatic nitrogens is 2. The van der Waals surface area contributed by atoms with E-state index in [9.17, 15) is 9.59 Å². The normalized spacial score (nSPS) is 14.1. The lowest BCUT2D eigenvalue weighted by molar-refractivity contribution is 0.0954. The van der Waals surface area contributed by atoms with E-state index in [1.54, 1.807) is 0 Å². The highest BCUT2D eigenvalue weighted by Crippen LogP contribution is 2.33. The number of nitrogens with one attached hydrogen (secondary N) is 1. The van der Waals surface area contributed by atoms with E-state index in [0.717, 1.165) is 61.5 Å². The molecule has 1 aliphatic carbocycles. The third-order valence-corrected chi connectivity index (χ3v) is 7.68. The number of rotatable bonds is 8. The van der Waals surface area contributed by atoms with Gasteiger partial charge < -0.3 is 19.4 Å². The molecule has 1 amide bonds. The summed E-state index contributed by atoms with van der Waals surface area (Å²) in [7, 11) is 1.93. The fourth-order valence-electron chi connectivity index (χ4n) is 5.79. The van der Waals surface area contributed by atoms with Crippen LogP contribution in [-0.4, -0.2) is 34.7 Å². The van der Waals surface area contributed by atoms with Crippen LogP contribution in [0.25, 0.3) is 21.8 Å². The minimum absolute atomic E-state index is 0.00360. The van der Waals surface area contributed by atoms with Gasteiger partial charge in [-0.1, -0.05) is 43.2 Å². The molecule has 36 heavy (non-hydrogen) atoms. The third-order valence-electron chi connectivity index (χ3n) is 7.68. The number of amides is 1. The van der Waals surface area contributed by atoms with Crippen molar-refractivity contribution in [1.29, 1.82) is 0 Å². The first-order valence-electron chi connectivity index (χ1n) is 13.2. The molecule has 2 aromatic heterocycles. The van der Waals surface area contributed by atoms with Crippen molar-refractivity contribution in [2.45, 2.75) is 52.0 Å². The zero-order valence-electron chi connectivity index (χ0n) is 21.6. The second-order valence-corrected chi connectivity index (χ2v) is 10.0. The molecule has 1 fully saturated rings. The molecule has 0 atom stereocenters. The van der Waals surface area contributed by atoms with E-state index in [4.69, 9.17) is 0 Å². The average Bonchev–Trinajstić information content (AvgIpc) is 3.52. The fraction of sp³-hybridized carbons (Fsp3) is 0.400. The lowest BCUT2D eigenvalue weighted by atomic mass is 10.1. The summed E-state index contributed by atoms with van der Waals surface area (Å²) >= 11 is 0. The second kappa shape index (κ2) is 10.2. The summed E-state index contributed by atoms with van der Waals surface area (Å²) in [6, 6.07) is 16.7. The number of fused-ring (bicyclic) bond motifs is 3. The molecule has 4 aromatic rings. The molecule has 0 spiro atoms. The molecule has 0 unspecified atom stereocenters. The highest BCUT2D eigenvalue weighted by molar-refractivity contribution is 6.17. The summed E-state index contributed by atoms with van der Waals surface area (Å²) in [4.78, 5) is 29.5. The Morgan fingerprint density at radius 2 is 1.89 bits per heavy atom. The molecular weight excluding hydrogens is 448 g/mol. The number of carbonyl (C=O) groups is 1. The zero-order valence-corrected chi connectivity index (χ0v) is 21.6. The quantitative estimate of drug-likeness (QED) is 0.333. The van der Waals surface area contributed by atoms with E-state index < -0.39 is 0 Å². The van der Waals surface area contributed by atoms with Gasteiger partial charge in [-0.2, -0.15) is 0 Å². The van der Waals surface area contributed by atoms with Crippen LogP contribution in [-0.2, 0) is 7.05 Å².